The summed E-state index contributed by atoms with van der Waals surface area (Å²) in [6.45, 7) is 0.0399. The lowest BCUT2D eigenvalue weighted by Gasteiger charge is -2.21. The van der Waals surface area contributed by atoms with E-state index in [1.54, 1.807) is 0 Å². The average Bonchev–Trinajstić information content (AvgIpc) is 2.67. The second-order valence-electron chi connectivity index (χ2n) is 3.87. The van der Waals surface area contributed by atoms with E-state index in [1.165, 1.54) is 12.0 Å². The zero-order valence-corrected chi connectivity index (χ0v) is 9.46. The van der Waals surface area contributed by atoms with E-state index in [4.69, 9.17) is 5.11 Å². The number of amides is 1. The van der Waals surface area contributed by atoms with E-state index in [0.29, 0.717) is 0 Å². The number of carbonyl (C=O) groups excluding carboxylic acids is 2. The van der Waals surface area contributed by atoms with Crippen LogP contribution in [-0.2, 0) is 19.1 Å². The summed E-state index contributed by atoms with van der Waals surface area (Å²) in [4.78, 5) is 34.6. The fourth-order valence-corrected chi connectivity index (χ4v) is 1.81. The summed E-state index contributed by atoms with van der Waals surface area (Å²) in [5, 5.41) is 17.9. The number of carboxylic acids is 1. The number of esters is 1. The normalized spacial score (nSPS) is 23.5. The molecule has 0 aromatic rings. The molecule has 7 heteroatoms. The third-order valence-corrected chi connectivity index (χ3v) is 2.63. The number of aliphatic hydroxyl groups is 1. The molecule has 7 nitrogen and oxygen atoms in total. The molecule has 96 valence electrons. The Balaban J connectivity index is 2.63. The van der Waals surface area contributed by atoms with Gasteiger partial charge in [-0.3, -0.25) is 9.59 Å². The number of hydrogen-bond acceptors (Lipinski definition) is 5. The Bertz CT molecular complexity index is 329. The maximum Gasteiger partial charge on any atom is 0.328 e. The Morgan fingerprint density at radius 2 is 2.00 bits per heavy atom. The van der Waals surface area contributed by atoms with Crippen molar-refractivity contribution in [1.29, 1.82) is 0 Å². The van der Waals surface area contributed by atoms with Gasteiger partial charge in [-0.2, -0.15) is 0 Å². The first-order chi connectivity index (χ1) is 7.95. The molecule has 2 N–H and O–H groups in total. The average molecular weight is 245 g/mol. The molecule has 2 atom stereocenters. The number of likely N-dealkylation sites (tertiary alicyclic amines) is 1. The Hall–Kier alpha value is -1.63. The fourth-order valence-electron chi connectivity index (χ4n) is 1.81. The first-order valence-corrected chi connectivity index (χ1v) is 5.23. The highest BCUT2D eigenvalue weighted by Crippen LogP contribution is 2.20. The molecule has 0 saturated carbocycles. The number of β-amino-alcohol motifs (C(OH)–C–C–N with tert-alkyl or cyclic N) is 1. The summed E-state index contributed by atoms with van der Waals surface area (Å²) in [6, 6.07) is -0.809. The molecule has 0 bridgehead atoms. The molecule has 0 unspecified atom stereocenters. The quantitative estimate of drug-likeness (QED) is 0.615. The maximum atomic E-state index is 11.7. The van der Waals surface area contributed by atoms with Gasteiger partial charge in [0.05, 0.1) is 19.6 Å². The number of hydrogen-bond donors (Lipinski definition) is 2. The van der Waals surface area contributed by atoms with Crippen LogP contribution in [0.4, 0.5) is 0 Å². The number of rotatable bonds is 4. The molecule has 0 aromatic carbocycles. The van der Waals surface area contributed by atoms with Crippen LogP contribution in [0.5, 0.6) is 0 Å². The Morgan fingerprint density at radius 3 is 2.53 bits per heavy atom. The predicted molar refractivity (Wildman–Crippen MR) is 55.0 cm³/mol. The molecule has 1 amide bonds. The Kier molecular flexibility index (Phi) is 4.45. The molecule has 1 rings (SSSR count). The molecular formula is C10H15NO6. The van der Waals surface area contributed by atoms with E-state index in [0.717, 1.165) is 0 Å². The van der Waals surface area contributed by atoms with E-state index in [2.05, 4.69) is 4.74 Å². The van der Waals surface area contributed by atoms with E-state index < -0.39 is 30.0 Å². The van der Waals surface area contributed by atoms with Crippen LogP contribution in [0.2, 0.25) is 0 Å². The molecule has 1 fully saturated rings. The highest BCUT2D eigenvalue weighted by molar-refractivity contribution is 5.86. The van der Waals surface area contributed by atoms with Crippen molar-refractivity contribution < 1.29 is 29.3 Å². The molecule has 0 radical (unpaired) electrons. The molecule has 0 aromatic heterocycles. The van der Waals surface area contributed by atoms with E-state index >= 15 is 0 Å². The molecule has 17 heavy (non-hydrogen) atoms. The fraction of sp³-hybridized carbons (Fsp3) is 0.700. The van der Waals surface area contributed by atoms with Gasteiger partial charge in [0.1, 0.15) is 6.04 Å². The zero-order valence-electron chi connectivity index (χ0n) is 9.46. The van der Waals surface area contributed by atoms with Crippen LogP contribution in [0.1, 0.15) is 19.3 Å². The number of aliphatic carboxylic acids is 1. The highest BCUT2D eigenvalue weighted by atomic mass is 16.5. The van der Waals surface area contributed by atoms with Crippen molar-refractivity contribution in [2.24, 2.45) is 0 Å². The van der Waals surface area contributed by atoms with E-state index in [9.17, 15) is 19.5 Å². The molecule has 0 aliphatic carbocycles. The van der Waals surface area contributed by atoms with Gasteiger partial charge in [-0.1, -0.05) is 0 Å². The zero-order chi connectivity index (χ0) is 13.0. The van der Waals surface area contributed by atoms with Crippen LogP contribution >= 0.6 is 0 Å². The lowest BCUT2D eigenvalue weighted by molar-refractivity contribution is -0.151. The first kappa shape index (κ1) is 13.4. The Labute approximate surface area is 98.0 Å². The summed E-state index contributed by atoms with van der Waals surface area (Å²) >= 11 is 0. The number of carboxylic acid groups (broad SMARTS) is 1. The molecular weight excluding hydrogens is 230 g/mol. The van der Waals surface area contributed by atoms with Gasteiger partial charge in [0, 0.05) is 19.4 Å². The second kappa shape index (κ2) is 5.62. The second-order valence-corrected chi connectivity index (χ2v) is 3.87. The van der Waals surface area contributed by atoms with Crippen LogP contribution in [0.25, 0.3) is 0 Å². The smallest absolute Gasteiger partial charge is 0.328 e. The molecule has 0 spiro atoms. The third kappa shape index (κ3) is 3.42. The number of aliphatic hydroxyl groups excluding tert-OH is 1. The summed E-state index contributed by atoms with van der Waals surface area (Å²) < 4.78 is 4.53. The van der Waals surface area contributed by atoms with Gasteiger partial charge in [0.15, 0.2) is 0 Å². The standard InChI is InChI=1S/C10H15NO6/c1-17-10(16)7-4-6(12)5-11(7)8(13)2-3-9(14)15/h6-7,12H,2-5H2,1H3,(H,14,15)/t6-,7-/m0/s1. The molecule has 1 saturated heterocycles. The van der Waals surface area contributed by atoms with Gasteiger partial charge in [0.25, 0.3) is 0 Å². The highest BCUT2D eigenvalue weighted by Gasteiger charge is 2.39. The van der Waals surface area contributed by atoms with Gasteiger partial charge in [-0.05, 0) is 0 Å². The summed E-state index contributed by atoms with van der Waals surface area (Å²) in [7, 11) is 1.20. The topological polar surface area (TPSA) is 104 Å². The minimum atomic E-state index is -1.08. The summed E-state index contributed by atoms with van der Waals surface area (Å²) in [6.07, 6.45) is -1.12. The minimum absolute atomic E-state index is 0.0399. The van der Waals surface area contributed by atoms with Crippen molar-refractivity contribution >= 4 is 17.8 Å². The molecule has 1 heterocycles. The minimum Gasteiger partial charge on any atom is -0.481 e. The van der Waals surface area contributed by atoms with Crippen LogP contribution in [0.3, 0.4) is 0 Å². The maximum absolute atomic E-state index is 11.7. The first-order valence-electron chi connectivity index (χ1n) is 5.23. The largest absolute Gasteiger partial charge is 0.481 e. The van der Waals surface area contributed by atoms with Crippen LogP contribution in [-0.4, -0.2) is 58.8 Å². The van der Waals surface area contributed by atoms with Crippen molar-refractivity contribution in [3.8, 4) is 0 Å². The van der Waals surface area contributed by atoms with E-state index in [1.807, 2.05) is 0 Å². The number of nitrogens with zero attached hydrogens (tertiary/aromatic N) is 1. The van der Waals surface area contributed by atoms with Crippen molar-refractivity contribution in [3.63, 3.8) is 0 Å². The van der Waals surface area contributed by atoms with Crippen molar-refractivity contribution in [1.82, 2.24) is 4.90 Å². The monoisotopic (exact) mass is 245 g/mol. The van der Waals surface area contributed by atoms with Gasteiger partial charge in [-0.15, -0.1) is 0 Å². The number of ether oxygens (including phenoxy) is 1. The van der Waals surface area contributed by atoms with Gasteiger partial charge < -0.3 is 19.8 Å². The number of carbonyl (C=O) groups is 3. The van der Waals surface area contributed by atoms with Crippen molar-refractivity contribution in [3.05, 3.63) is 0 Å². The van der Waals surface area contributed by atoms with Crippen molar-refractivity contribution in [2.45, 2.75) is 31.4 Å². The van der Waals surface area contributed by atoms with Crippen LogP contribution < -0.4 is 0 Å². The lowest BCUT2D eigenvalue weighted by Crippen LogP contribution is -2.41. The van der Waals surface area contributed by atoms with Gasteiger partial charge >= 0.3 is 11.9 Å². The summed E-state index contributed by atoms with van der Waals surface area (Å²) in [5.74, 6) is -2.13. The van der Waals surface area contributed by atoms with E-state index in [-0.39, 0.29) is 25.8 Å². The Morgan fingerprint density at radius 1 is 1.35 bits per heavy atom. The third-order valence-electron chi connectivity index (χ3n) is 2.63. The van der Waals surface area contributed by atoms with Crippen LogP contribution in [0.15, 0.2) is 0 Å². The molecule has 1 aliphatic heterocycles. The number of methoxy groups -OCH3 is 1. The SMILES string of the molecule is COC(=O)[C@@H]1C[C@H](O)CN1C(=O)CCC(=O)O. The predicted octanol–water partition coefficient (Wildman–Crippen LogP) is -1.01. The lowest BCUT2D eigenvalue weighted by atomic mass is 10.2. The van der Waals surface area contributed by atoms with Crippen LogP contribution in [0, 0.1) is 0 Å². The van der Waals surface area contributed by atoms with Gasteiger partial charge in [-0.25, -0.2) is 4.79 Å². The summed E-state index contributed by atoms with van der Waals surface area (Å²) in [5.41, 5.74) is 0. The van der Waals surface area contributed by atoms with Gasteiger partial charge in [0.2, 0.25) is 5.91 Å². The van der Waals surface area contributed by atoms with Crippen molar-refractivity contribution in [2.75, 3.05) is 13.7 Å². The molecule has 1 aliphatic rings.